The van der Waals surface area contributed by atoms with E-state index in [2.05, 4.69) is 5.32 Å². The monoisotopic (exact) mass is 165 g/mol. The van der Waals surface area contributed by atoms with Crippen LogP contribution in [-0.4, -0.2) is 58.9 Å². The van der Waals surface area contributed by atoms with Gasteiger partial charge in [0.25, 0.3) is 0 Å². The highest BCUT2D eigenvalue weighted by molar-refractivity contribution is 4.66. The third kappa shape index (κ3) is 5.11. The molecular weight excluding hydrogens is 150 g/mol. The minimum absolute atomic E-state index is 0.169. The summed E-state index contributed by atoms with van der Waals surface area (Å²) in [5.41, 5.74) is 0. The van der Waals surface area contributed by atoms with Gasteiger partial charge in [0.2, 0.25) is 0 Å². The average Bonchev–Trinajstić information content (AvgIpc) is 2.06. The molecule has 0 heterocycles. The summed E-state index contributed by atoms with van der Waals surface area (Å²) < 4.78 is 0. The third-order valence-corrected chi connectivity index (χ3v) is 1.29. The Labute approximate surface area is 65.3 Å². The van der Waals surface area contributed by atoms with Crippen molar-refractivity contribution in [2.45, 2.75) is 12.1 Å². The molecule has 0 bridgehead atoms. The van der Waals surface area contributed by atoms with E-state index in [9.17, 15) is 0 Å². The highest BCUT2D eigenvalue weighted by Crippen LogP contribution is 1.82. The van der Waals surface area contributed by atoms with Crippen molar-refractivity contribution in [1.82, 2.24) is 5.32 Å². The van der Waals surface area contributed by atoms with Gasteiger partial charge in [-0.15, -0.1) is 0 Å². The zero-order chi connectivity index (χ0) is 8.69. The summed E-state index contributed by atoms with van der Waals surface area (Å²) in [5.74, 6) is 0. The molecule has 5 nitrogen and oxygen atoms in total. The third-order valence-electron chi connectivity index (χ3n) is 1.29. The first-order valence-corrected chi connectivity index (χ1v) is 3.48. The van der Waals surface area contributed by atoms with Gasteiger partial charge in [-0.3, -0.25) is 0 Å². The Hall–Kier alpha value is -0.200. The van der Waals surface area contributed by atoms with Gasteiger partial charge >= 0.3 is 0 Å². The fraction of sp³-hybridized carbons (Fsp3) is 1.00. The molecule has 5 N–H and O–H groups in total. The zero-order valence-electron chi connectivity index (χ0n) is 6.27. The lowest BCUT2D eigenvalue weighted by atomic mass is 10.3. The van der Waals surface area contributed by atoms with Crippen LogP contribution in [0.1, 0.15) is 0 Å². The molecule has 0 aliphatic heterocycles. The van der Waals surface area contributed by atoms with Crippen molar-refractivity contribution in [2.75, 3.05) is 26.4 Å². The molecule has 0 radical (unpaired) electrons. The number of hydrogen-bond acceptors (Lipinski definition) is 5. The highest BCUT2D eigenvalue weighted by Gasteiger charge is 2.07. The van der Waals surface area contributed by atoms with Crippen molar-refractivity contribution in [1.29, 1.82) is 0 Å². The summed E-state index contributed by atoms with van der Waals surface area (Å²) >= 11 is 0. The molecule has 0 amide bonds. The van der Waals surface area contributed by atoms with E-state index in [1.54, 1.807) is 0 Å². The van der Waals surface area contributed by atoms with Gasteiger partial charge in [0.15, 0.2) is 0 Å². The van der Waals surface area contributed by atoms with Crippen molar-refractivity contribution in [3.63, 3.8) is 0 Å². The van der Waals surface area contributed by atoms with Gasteiger partial charge in [0, 0.05) is 6.54 Å². The average molecular weight is 165 g/mol. The Morgan fingerprint density at radius 2 is 1.55 bits per heavy atom. The second-order valence-corrected chi connectivity index (χ2v) is 2.31. The summed E-state index contributed by atoms with van der Waals surface area (Å²) in [5, 5.41) is 36.9. The van der Waals surface area contributed by atoms with Gasteiger partial charge in [-0.25, -0.2) is 0 Å². The van der Waals surface area contributed by atoms with Crippen molar-refractivity contribution in [3.05, 3.63) is 0 Å². The van der Waals surface area contributed by atoms with Crippen molar-refractivity contribution in [3.8, 4) is 0 Å². The van der Waals surface area contributed by atoms with Crippen molar-refractivity contribution >= 4 is 0 Å². The first-order chi connectivity index (χ1) is 5.24. The van der Waals surface area contributed by atoms with Gasteiger partial charge in [0.05, 0.1) is 32.0 Å². The van der Waals surface area contributed by atoms with Crippen LogP contribution < -0.4 is 5.32 Å². The second kappa shape index (κ2) is 6.51. The molecule has 0 unspecified atom stereocenters. The Balaban J connectivity index is 3.34. The van der Waals surface area contributed by atoms with Crippen LogP contribution in [0.4, 0.5) is 0 Å². The van der Waals surface area contributed by atoms with E-state index >= 15 is 0 Å². The van der Waals surface area contributed by atoms with Gasteiger partial charge in [-0.1, -0.05) is 0 Å². The molecule has 0 aliphatic rings. The lowest BCUT2D eigenvalue weighted by Crippen LogP contribution is -2.41. The summed E-state index contributed by atoms with van der Waals surface area (Å²) in [4.78, 5) is 0. The van der Waals surface area contributed by atoms with E-state index in [0.29, 0.717) is 0 Å². The lowest BCUT2D eigenvalue weighted by molar-refractivity contribution is 0.0832. The molecule has 0 aromatic carbocycles. The first kappa shape index (κ1) is 10.8. The van der Waals surface area contributed by atoms with Crippen LogP contribution in [-0.2, 0) is 0 Å². The van der Waals surface area contributed by atoms with Crippen LogP contribution in [0.25, 0.3) is 0 Å². The Morgan fingerprint density at radius 3 is 1.91 bits per heavy atom. The largest absolute Gasteiger partial charge is 0.395 e. The molecule has 0 rings (SSSR count). The predicted octanol–water partition coefficient (Wildman–Crippen LogP) is -2.72. The fourth-order valence-electron chi connectivity index (χ4n) is 0.554. The van der Waals surface area contributed by atoms with Gasteiger partial charge < -0.3 is 25.7 Å². The summed E-state index contributed by atoms with van der Waals surface area (Å²) in [7, 11) is 0. The molecule has 1 atom stereocenters. The molecule has 0 aliphatic carbocycles. The predicted molar refractivity (Wildman–Crippen MR) is 39.1 cm³/mol. The van der Waals surface area contributed by atoms with Crippen LogP contribution in [0.5, 0.6) is 0 Å². The topological polar surface area (TPSA) is 93.0 Å². The standard InChI is InChI=1S/C6H15NO4/c8-2-5(3-9)7-1-6(11)4-10/h5-11H,1-4H2/t6-/m0/s1. The van der Waals surface area contributed by atoms with E-state index in [1.807, 2.05) is 0 Å². The van der Waals surface area contributed by atoms with Crippen LogP contribution >= 0.6 is 0 Å². The zero-order valence-corrected chi connectivity index (χ0v) is 6.27. The van der Waals surface area contributed by atoms with Crippen molar-refractivity contribution < 1.29 is 20.4 Å². The number of rotatable bonds is 6. The molecule has 0 fully saturated rings. The second-order valence-electron chi connectivity index (χ2n) is 2.31. The van der Waals surface area contributed by atoms with Gasteiger partial charge in [-0.05, 0) is 0 Å². The maximum Gasteiger partial charge on any atom is 0.0895 e. The lowest BCUT2D eigenvalue weighted by Gasteiger charge is -2.15. The molecule has 68 valence electrons. The Kier molecular flexibility index (Phi) is 6.39. The maximum absolute atomic E-state index is 8.82. The summed E-state index contributed by atoms with van der Waals surface area (Å²) in [6.45, 7) is -0.526. The molecule has 0 saturated carbocycles. The summed E-state index contributed by atoms with van der Waals surface area (Å²) in [6, 6.07) is -0.420. The normalized spacial score (nSPS) is 13.9. The van der Waals surface area contributed by atoms with Gasteiger partial charge in [-0.2, -0.15) is 0 Å². The first-order valence-electron chi connectivity index (χ1n) is 3.48. The van der Waals surface area contributed by atoms with Gasteiger partial charge in [0.1, 0.15) is 0 Å². The number of aliphatic hydroxyl groups excluding tert-OH is 4. The van der Waals surface area contributed by atoms with E-state index in [0.717, 1.165) is 0 Å². The molecule has 11 heavy (non-hydrogen) atoms. The van der Waals surface area contributed by atoms with E-state index in [-0.39, 0.29) is 26.4 Å². The van der Waals surface area contributed by atoms with Crippen LogP contribution in [0.15, 0.2) is 0 Å². The summed E-state index contributed by atoms with van der Waals surface area (Å²) in [6.07, 6.45) is -0.837. The van der Waals surface area contributed by atoms with Crippen LogP contribution in [0, 0.1) is 0 Å². The molecule has 0 aromatic rings. The highest BCUT2D eigenvalue weighted by atomic mass is 16.3. The molecule has 0 spiro atoms. The van der Waals surface area contributed by atoms with E-state index < -0.39 is 12.1 Å². The molecule has 0 saturated heterocycles. The van der Waals surface area contributed by atoms with E-state index in [4.69, 9.17) is 20.4 Å². The maximum atomic E-state index is 8.82. The number of nitrogens with one attached hydrogen (secondary N) is 1. The Morgan fingerprint density at radius 1 is 1.00 bits per heavy atom. The molecule has 5 heteroatoms. The number of aliphatic hydroxyl groups is 4. The number of hydrogen-bond donors (Lipinski definition) is 5. The fourth-order valence-corrected chi connectivity index (χ4v) is 0.554. The molecular formula is C6H15NO4. The Bertz CT molecular complexity index is 86.7. The minimum atomic E-state index is -0.837. The minimum Gasteiger partial charge on any atom is -0.395 e. The van der Waals surface area contributed by atoms with Crippen LogP contribution in [0.2, 0.25) is 0 Å². The van der Waals surface area contributed by atoms with Crippen LogP contribution in [0.3, 0.4) is 0 Å². The smallest absolute Gasteiger partial charge is 0.0895 e. The van der Waals surface area contributed by atoms with E-state index in [1.165, 1.54) is 0 Å². The SMILES string of the molecule is OCC(CO)NC[C@H](O)CO. The van der Waals surface area contributed by atoms with Crippen molar-refractivity contribution in [2.24, 2.45) is 0 Å². The quantitative estimate of drug-likeness (QED) is 0.295. The molecule has 0 aromatic heterocycles.